The molecule has 0 unspecified atom stereocenters. The largest absolute Gasteiger partial charge is 0.506 e. The molecule has 0 aliphatic heterocycles. The summed E-state index contributed by atoms with van der Waals surface area (Å²) in [4.78, 5) is 0. The van der Waals surface area contributed by atoms with Crippen molar-refractivity contribution in [3.8, 4) is 5.75 Å². The van der Waals surface area contributed by atoms with Crippen LogP contribution >= 0.6 is 27.5 Å². The summed E-state index contributed by atoms with van der Waals surface area (Å²) in [5.74, 6) is -0.590. The number of phenolic OH excluding ortho intramolecular Hbond substituents is 1. The number of aromatic hydroxyl groups is 1. The lowest BCUT2D eigenvalue weighted by Crippen LogP contribution is -2.28. The molecule has 1 rings (SSSR count). The third kappa shape index (κ3) is 2.56. The minimum Gasteiger partial charge on any atom is -0.506 e. The van der Waals surface area contributed by atoms with Crippen LogP contribution in [0.1, 0.15) is 11.6 Å². The van der Waals surface area contributed by atoms with E-state index >= 15 is 0 Å². The maximum absolute atomic E-state index is 12.3. The lowest BCUT2D eigenvalue weighted by molar-refractivity contribution is -0.149. The smallest absolute Gasteiger partial charge is 0.407 e. The van der Waals surface area contributed by atoms with Crippen molar-refractivity contribution in [3.05, 3.63) is 27.2 Å². The molecule has 0 amide bonds. The lowest BCUT2D eigenvalue weighted by atomic mass is 10.1. The zero-order chi connectivity index (χ0) is 11.8. The van der Waals surface area contributed by atoms with Gasteiger partial charge in [-0.3, -0.25) is 0 Å². The van der Waals surface area contributed by atoms with Crippen LogP contribution in [0.4, 0.5) is 13.2 Å². The molecular formula is C8H6BrClF3NO. The Balaban J connectivity index is 3.23. The number of phenols is 1. The predicted octanol–water partition coefficient (Wildman–Crippen LogP) is 3.37. The number of halogens is 5. The first kappa shape index (κ1) is 12.6. The maximum Gasteiger partial charge on any atom is 0.407 e. The molecule has 2 nitrogen and oxygen atoms in total. The minimum absolute atomic E-state index is 0.00127. The van der Waals surface area contributed by atoms with Crippen molar-refractivity contribution in [1.82, 2.24) is 0 Å². The van der Waals surface area contributed by atoms with Crippen molar-refractivity contribution in [2.45, 2.75) is 12.2 Å². The quantitative estimate of drug-likeness (QED) is 0.835. The average molecular weight is 304 g/mol. The summed E-state index contributed by atoms with van der Waals surface area (Å²) in [7, 11) is 0. The first-order chi connectivity index (χ1) is 6.75. The van der Waals surface area contributed by atoms with Gasteiger partial charge in [0.05, 0.1) is 9.50 Å². The van der Waals surface area contributed by atoms with Gasteiger partial charge in [0.15, 0.2) is 0 Å². The molecule has 7 heteroatoms. The molecule has 0 fully saturated rings. The lowest BCUT2D eigenvalue weighted by Gasteiger charge is -2.17. The van der Waals surface area contributed by atoms with E-state index in [0.29, 0.717) is 0 Å². The summed E-state index contributed by atoms with van der Waals surface area (Å²) in [6.45, 7) is 0. The molecule has 0 saturated heterocycles. The van der Waals surface area contributed by atoms with E-state index in [1.54, 1.807) is 0 Å². The van der Waals surface area contributed by atoms with Gasteiger partial charge in [-0.1, -0.05) is 17.7 Å². The maximum atomic E-state index is 12.3. The van der Waals surface area contributed by atoms with E-state index in [2.05, 4.69) is 15.9 Å². The van der Waals surface area contributed by atoms with Crippen LogP contribution in [0.2, 0.25) is 5.02 Å². The Morgan fingerprint density at radius 2 is 1.93 bits per heavy atom. The van der Waals surface area contributed by atoms with Gasteiger partial charge in [-0.15, -0.1) is 0 Å². The van der Waals surface area contributed by atoms with Crippen LogP contribution in [0.15, 0.2) is 16.6 Å². The van der Waals surface area contributed by atoms with Gasteiger partial charge in [0, 0.05) is 5.56 Å². The molecule has 0 bridgehead atoms. The Kier molecular flexibility index (Phi) is 3.52. The molecule has 0 aliphatic rings. The van der Waals surface area contributed by atoms with Gasteiger partial charge >= 0.3 is 6.18 Å². The van der Waals surface area contributed by atoms with Gasteiger partial charge in [0.1, 0.15) is 11.8 Å². The van der Waals surface area contributed by atoms with Gasteiger partial charge < -0.3 is 10.8 Å². The number of alkyl halides is 3. The van der Waals surface area contributed by atoms with Crippen LogP contribution in [0, 0.1) is 0 Å². The second-order valence-electron chi connectivity index (χ2n) is 2.82. The van der Waals surface area contributed by atoms with E-state index < -0.39 is 23.5 Å². The number of rotatable bonds is 1. The third-order valence-electron chi connectivity index (χ3n) is 1.79. The van der Waals surface area contributed by atoms with Crippen molar-refractivity contribution in [3.63, 3.8) is 0 Å². The standard InChI is InChI=1S/C8H6BrClF3NO/c9-5-4(10)2-1-3(6(5)15)7(14)8(11,12)13/h1-2,7,15H,14H2/t7-/m0/s1. The Morgan fingerprint density at radius 3 is 2.40 bits per heavy atom. The fourth-order valence-corrected chi connectivity index (χ4v) is 1.50. The zero-order valence-electron chi connectivity index (χ0n) is 7.15. The summed E-state index contributed by atoms with van der Waals surface area (Å²) in [5, 5.41) is 9.52. The highest BCUT2D eigenvalue weighted by Gasteiger charge is 2.39. The van der Waals surface area contributed by atoms with Crippen LogP contribution in [-0.4, -0.2) is 11.3 Å². The Morgan fingerprint density at radius 1 is 1.40 bits per heavy atom. The monoisotopic (exact) mass is 303 g/mol. The van der Waals surface area contributed by atoms with Crippen molar-refractivity contribution in [2.75, 3.05) is 0 Å². The van der Waals surface area contributed by atoms with E-state index in [0.717, 1.165) is 6.07 Å². The molecule has 84 valence electrons. The van der Waals surface area contributed by atoms with Crippen molar-refractivity contribution < 1.29 is 18.3 Å². The van der Waals surface area contributed by atoms with Crippen LogP contribution < -0.4 is 5.73 Å². The first-order valence-electron chi connectivity index (χ1n) is 3.74. The van der Waals surface area contributed by atoms with E-state index in [9.17, 15) is 18.3 Å². The van der Waals surface area contributed by atoms with E-state index in [-0.39, 0.29) is 9.50 Å². The second-order valence-corrected chi connectivity index (χ2v) is 4.02. The van der Waals surface area contributed by atoms with Gasteiger partial charge in [-0.25, -0.2) is 0 Å². The summed E-state index contributed by atoms with van der Waals surface area (Å²) >= 11 is 8.44. The Labute approximate surface area is 97.0 Å². The molecular weight excluding hydrogens is 298 g/mol. The normalized spacial score (nSPS) is 14.0. The summed E-state index contributed by atoms with van der Waals surface area (Å²) < 4.78 is 36.8. The van der Waals surface area contributed by atoms with Gasteiger partial charge in [-0.05, 0) is 22.0 Å². The molecule has 0 heterocycles. The molecule has 1 aromatic rings. The Hall–Kier alpha value is -0.460. The van der Waals surface area contributed by atoms with Crippen LogP contribution in [-0.2, 0) is 0 Å². The van der Waals surface area contributed by atoms with Gasteiger partial charge in [0.25, 0.3) is 0 Å². The molecule has 15 heavy (non-hydrogen) atoms. The third-order valence-corrected chi connectivity index (χ3v) is 3.13. The molecule has 0 aromatic heterocycles. The van der Waals surface area contributed by atoms with E-state index in [1.807, 2.05) is 0 Å². The summed E-state index contributed by atoms with van der Waals surface area (Å²) in [6, 6.07) is 0.0402. The number of benzene rings is 1. The molecule has 1 atom stereocenters. The van der Waals surface area contributed by atoms with Crippen molar-refractivity contribution >= 4 is 27.5 Å². The van der Waals surface area contributed by atoms with E-state index in [4.69, 9.17) is 17.3 Å². The van der Waals surface area contributed by atoms with Crippen LogP contribution in [0.25, 0.3) is 0 Å². The van der Waals surface area contributed by atoms with E-state index in [1.165, 1.54) is 6.07 Å². The fraction of sp³-hybridized carbons (Fsp3) is 0.250. The minimum atomic E-state index is -4.61. The summed E-state index contributed by atoms with van der Waals surface area (Å²) in [6.07, 6.45) is -4.61. The number of hydrogen-bond acceptors (Lipinski definition) is 2. The van der Waals surface area contributed by atoms with Gasteiger partial charge in [-0.2, -0.15) is 13.2 Å². The molecule has 0 spiro atoms. The highest BCUT2D eigenvalue weighted by atomic mass is 79.9. The SMILES string of the molecule is N[C@@H](c1ccc(Cl)c(Br)c1O)C(F)(F)F. The predicted molar refractivity (Wildman–Crippen MR) is 53.8 cm³/mol. The second kappa shape index (κ2) is 4.19. The topological polar surface area (TPSA) is 46.2 Å². The number of nitrogens with two attached hydrogens (primary N) is 1. The Bertz CT molecular complexity index is 383. The summed E-state index contributed by atoms with van der Waals surface area (Å²) in [5.41, 5.74) is 4.53. The molecule has 0 aliphatic carbocycles. The van der Waals surface area contributed by atoms with Crippen LogP contribution in [0.3, 0.4) is 0 Å². The average Bonchev–Trinajstić information content (AvgIpc) is 2.12. The fourth-order valence-electron chi connectivity index (χ4n) is 0.982. The zero-order valence-corrected chi connectivity index (χ0v) is 9.49. The highest BCUT2D eigenvalue weighted by Crippen LogP contribution is 2.41. The molecule has 0 saturated carbocycles. The van der Waals surface area contributed by atoms with Crippen molar-refractivity contribution in [2.24, 2.45) is 5.73 Å². The highest BCUT2D eigenvalue weighted by molar-refractivity contribution is 9.10. The number of hydrogen-bond donors (Lipinski definition) is 2. The van der Waals surface area contributed by atoms with Crippen molar-refractivity contribution in [1.29, 1.82) is 0 Å². The van der Waals surface area contributed by atoms with Crippen LogP contribution in [0.5, 0.6) is 5.75 Å². The molecule has 0 radical (unpaired) electrons. The first-order valence-corrected chi connectivity index (χ1v) is 4.91. The molecule has 1 aromatic carbocycles. The molecule has 3 N–H and O–H groups in total. The van der Waals surface area contributed by atoms with Gasteiger partial charge in [0.2, 0.25) is 0 Å².